The third-order valence-corrected chi connectivity index (χ3v) is 7.63. The van der Waals surface area contributed by atoms with E-state index in [0.29, 0.717) is 0 Å². The summed E-state index contributed by atoms with van der Waals surface area (Å²) in [7, 11) is 0. The normalized spacial score (nSPS) is 18.2. The quantitative estimate of drug-likeness (QED) is 0.448. The molecule has 0 aliphatic carbocycles. The molecule has 1 aliphatic rings. The summed E-state index contributed by atoms with van der Waals surface area (Å²) in [5.74, 6) is -1.92. The van der Waals surface area contributed by atoms with Crippen LogP contribution in [0.15, 0.2) is 61.2 Å². The molecular weight excluding hydrogens is 481 g/mol. The van der Waals surface area contributed by atoms with E-state index in [1.165, 1.54) is 41.8 Å². The number of halogens is 1. The summed E-state index contributed by atoms with van der Waals surface area (Å²) in [5.41, 5.74) is 1.08. The lowest BCUT2D eigenvalue weighted by atomic mass is 9.96. The van der Waals surface area contributed by atoms with E-state index in [0.717, 1.165) is 5.56 Å². The van der Waals surface area contributed by atoms with Crippen LogP contribution in [-0.4, -0.2) is 63.1 Å². The van der Waals surface area contributed by atoms with Gasteiger partial charge in [-0.3, -0.25) is 14.4 Å². The minimum Gasteiger partial charge on any atom is -0.381 e. The van der Waals surface area contributed by atoms with Crippen molar-refractivity contribution in [1.29, 1.82) is 0 Å². The van der Waals surface area contributed by atoms with Gasteiger partial charge >= 0.3 is 0 Å². The van der Waals surface area contributed by atoms with Gasteiger partial charge in [0, 0.05) is 16.9 Å². The van der Waals surface area contributed by atoms with Crippen LogP contribution in [-0.2, 0) is 16.0 Å². The molecule has 2 aromatic carbocycles. The Balaban J connectivity index is 1.88. The van der Waals surface area contributed by atoms with Gasteiger partial charge < -0.3 is 20.6 Å². The Kier molecular flexibility index (Phi) is 8.92. The Labute approximate surface area is 215 Å². The number of rotatable bonds is 9. The van der Waals surface area contributed by atoms with Crippen molar-refractivity contribution in [3.05, 3.63) is 83.7 Å². The molecular formula is C27H32FN3O4S. The highest BCUT2D eigenvalue weighted by Crippen LogP contribution is 2.39. The predicted molar refractivity (Wildman–Crippen MR) is 139 cm³/mol. The van der Waals surface area contributed by atoms with Crippen molar-refractivity contribution < 1.29 is 23.9 Å². The second kappa shape index (κ2) is 11.7. The Morgan fingerprint density at radius 2 is 1.92 bits per heavy atom. The van der Waals surface area contributed by atoms with Gasteiger partial charge in [0.2, 0.25) is 5.91 Å². The van der Waals surface area contributed by atoms with Crippen LogP contribution in [0.25, 0.3) is 0 Å². The molecule has 3 amide bonds. The lowest BCUT2D eigenvalue weighted by Gasteiger charge is -2.33. The van der Waals surface area contributed by atoms with E-state index in [2.05, 4.69) is 17.2 Å². The fourth-order valence-corrected chi connectivity index (χ4v) is 5.37. The maximum Gasteiger partial charge on any atom is 0.254 e. The molecule has 1 heterocycles. The molecule has 0 spiro atoms. The topological polar surface area (TPSA) is 98.7 Å². The van der Waals surface area contributed by atoms with Gasteiger partial charge in [0.05, 0.1) is 11.9 Å². The summed E-state index contributed by atoms with van der Waals surface area (Å²) in [6.07, 6.45) is 0.0755. The largest absolute Gasteiger partial charge is 0.381 e. The fourth-order valence-electron chi connectivity index (χ4n) is 4.23. The summed E-state index contributed by atoms with van der Waals surface area (Å²) < 4.78 is 13.5. The second-order valence-electron chi connectivity index (χ2n) is 9.25. The van der Waals surface area contributed by atoms with E-state index in [1.54, 1.807) is 6.08 Å². The number of thioether (sulfide) groups is 1. The Bertz CT molecular complexity index is 1130. The van der Waals surface area contributed by atoms with Gasteiger partial charge in [-0.15, -0.1) is 18.3 Å². The number of nitrogens with zero attached hydrogens (tertiary/aromatic N) is 1. The standard InChI is InChI=1S/C27H32FN3O4S/c1-5-14-29-25(34)23-27(3,4)36-16-31(23)26(35)22(32)21(15-18-10-7-6-8-11-18)30-24(33)19-12-9-13-20(28)17(19)2/h5-13,21-23,32H,1,14-16H2,2-4H3,(H,29,34)(H,30,33)/t21-,22-,23?/m0/s1. The van der Waals surface area contributed by atoms with Crippen LogP contribution in [0.4, 0.5) is 4.39 Å². The molecule has 9 heteroatoms. The first-order valence-electron chi connectivity index (χ1n) is 11.7. The number of carbonyl (C=O) groups is 3. The van der Waals surface area contributed by atoms with Crippen molar-refractivity contribution in [2.24, 2.45) is 0 Å². The van der Waals surface area contributed by atoms with Gasteiger partial charge in [-0.05, 0) is 50.5 Å². The SMILES string of the molecule is C=CCNC(=O)C1N(C(=O)[C@@H](O)[C@H](Cc2ccccc2)NC(=O)c2cccc(F)c2C)CSC1(C)C. The van der Waals surface area contributed by atoms with Crippen molar-refractivity contribution in [1.82, 2.24) is 15.5 Å². The molecule has 1 aliphatic heterocycles. The molecule has 36 heavy (non-hydrogen) atoms. The van der Waals surface area contributed by atoms with E-state index >= 15 is 0 Å². The number of aliphatic hydroxyl groups excluding tert-OH is 1. The summed E-state index contributed by atoms with van der Waals surface area (Å²) in [6.45, 7) is 9.08. The fraction of sp³-hybridized carbons (Fsp3) is 0.370. The zero-order valence-corrected chi connectivity index (χ0v) is 21.5. The zero-order chi connectivity index (χ0) is 26.5. The van der Waals surface area contributed by atoms with Crippen molar-refractivity contribution >= 4 is 29.5 Å². The number of nitrogens with one attached hydrogen (secondary N) is 2. The number of amides is 3. The third-order valence-electron chi connectivity index (χ3n) is 6.26. The molecule has 2 aromatic rings. The lowest BCUT2D eigenvalue weighted by Crippen LogP contribution is -2.58. The molecule has 0 aromatic heterocycles. The third kappa shape index (κ3) is 6.14. The van der Waals surface area contributed by atoms with Crippen molar-refractivity contribution in [3.8, 4) is 0 Å². The average molecular weight is 514 g/mol. The molecule has 3 atom stereocenters. The molecule has 192 valence electrons. The minimum absolute atomic E-state index is 0.118. The van der Waals surface area contributed by atoms with Crippen LogP contribution in [0.3, 0.4) is 0 Å². The lowest BCUT2D eigenvalue weighted by molar-refractivity contribution is -0.147. The van der Waals surface area contributed by atoms with Gasteiger partial charge in [0.1, 0.15) is 11.9 Å². The number of benzene rings is 2. The molecule has 3 N–H and O–H groups in total. The zero-order valence-electron chi connectivity index (χ0n) is 20.7. The number of hydrogen-bond donors (Lipinski definition) is 3. The molecule has 1 saturated heterocycles. The van der Waals surface area contributed by atoms with Gasteiger partial charge in [-0.1, -0.05) is 42.5 Å². The second-order valence-corrected chi connectivity index (χ2v) is 10.8. The summed E-state index contributed by atoms with van der Waals surface area (Å²) in [4.78, 5) is 40.9. The van der Waals surface area contributed by atoms with E-state index in [-0.39, 0.29) is 35.9 Å². The van der Waals surface area contributed by atoms with Crippen LogP contribution in [0.2, 0.25) is 0 Å². The van der Waals surface area contributed by atoms with Gasteiger partial charge in [-0.2, -0.15) is 0 Å². The first kappa shape index (κ1) is 27.4. The van der Waals surface area contributed by atoms with E-state index in [1.807, 2.05) is 44.2 Å². The summed E-state index contributed by atoms with van der Waals surface area (Å²) in [5, 5.41) is 16.7. The Morgan fingerprint density at radius 1 is 1.22 bits per heavy atom. The number of hydrogen-bond acceptors (Lipinski definition) is 5. The summed E-state index contributed by atoms with van der Waals surface area (Å²) >= 11 is 1.43. The van der Waals surface area contributed by atoms with Crippen molar-refractivity contribution in [2.75, 3.05) is 12.4 Å². The Morgan fingerprint density at radius 3 is 2.58 bits per heavy atom. The van der Waals surface area contributed by atoms with Crippen LogP contribution >= 0.6 is 11.8 Å². The molecule has 3 rings (SSSR count). The summed E-state index contributed by atoms with van der Waals surface area (Å²) in [6, 6.07) is 11.5. The minimum atomic E-state index is -1.63. The van der Waals surface area contributed by atoms with Crippen LogP contribution in [0.5, 0.6) is 0 Å². The maximum atomic E-state index is 14.1. The molecule has 1 fully saturated rings. The first-order valence-corrected chi connectivity index (χ1v) is 12.7. The van der Waals surface area contributed by atoms with E-state index < -0.39 is 40.6 Å². The highest BCUT2D eigenvalue weighted by atomic mass is 32.2. The van der Waals surface area contributed by atoms with Crippen molar-refractivity contribution in [3.63, 3.8) is 0 Å². The van der Waals surface area contributed by atoms with Gasteiger partial charge in [0.25, 0.3) is 11.8 Å². The van der Waals surface area contributed by atoms with Gasteiger partial charge in [-0.25, -0.2) is 4.39 Å². The average Bonchev–Trinajstić information content (AvgIpc) is 3.18. The predicted octanol–water partition coefficient (Wildman–Crippen LogP) is 2.82. The molecule has 0 saturated carbocycles. The first-order chi connectivity index (χ1) is 17.1. The molecule has 0 radical (unpaired) electrons. The van der Waals surface area contributed by atoms with Crippen molar-refractivity contribution in [2.45, 2.75) is 50.1 Å². The highest BCUT2D eigenvalue weighted by molar-refractivity contribution is 8.00. The molecule has 0 bridgehead atoms. The molecule has 7 nitrogen and oxygen atoms in total. The smallest absolute Gasteiger partial charge is 0.254 e. The van der Waals surface area contributed by atoms with E-state index in [4.69, 9.17) is 0 Å². The van der Waals surface area contributed by atoms with E-state index in [9.17, 15) is 23.9 Å². The van der Waals surface area contributed by atoms with Crippen LogP contribution in [0.1, 0.15) is 35.3 Å². The maximum absolute atomic E-state index is 14.1. The van der Waals surface area contributed by atoms with Gasteiger partial charge in [0.15, 0.2) is 6.10 Å². The number of aliphatic hydroxyl groups is 1. The molecule has 1 unspecified atom stereocenters. The monoisotopic (exact) mass is 513 g/mol. The number of carbonyl (C=O) groups excluding carboxylic acids is 3. The van der Waals surface area contributed by atoms with Crippen LogP contribution < -0.4 is 10.6 Å². The highest BCUT2D eigenvalue weighted by Gasteiger charge is 2.49. The van der Waals surface area contributed by atoms with Crippen LogP contribution in [0, 0.1) is 12.7 Å². The Hall–Kier alpha value is -3.17.